The Kier molecular flexibility index (Phi) is 4.98. The second kappa shape index (κ2) is 6.95. The van der Waals surface area contributed by atoms with Crippen LogP contribution in [-0.2, 0) is 13.1 Å². The number of nitrogens with zero attached hydrogens (tertiary/aromatic N) is 2. The van der Waals surface area contributed by atoms with Gasteiger partial charge in [-0.25, -0.2) is 0 Å². The molecule has 2 rings (SSSR count). The Morgan fingerprint density at radius 3 is 3.00 bits per heavy atom. The van der Waals surface area contributed by atoms with Crippen LogP contribution in [0.5, 0.6) is 5.75 Å². The molecule has 2 aromatic rings. The first kappa shape index (κ1) is 13.6. The average molecular weight is 259 g/mol. The van der Waals surface area contributed by atoms with E-state index in [0.29, 0.717) is 0 Å². The van der Waals surface area contributed by atoms with Crippen molar-refractivity contribution in [3.63, 3.8) is 0 Å². The molecule has 4 nitrogen and oxygen atoms in total. The van der Waals surface area contributed by atoms with Crippen molar-refractivity contribution in [3.8, 4) is 5.75 Å². The molecule has 0 fully saturated rings. The monoisotopic (exact) mass is 259 g/mol. The number of hydrogen-bond acceptors (Lipinski definition) is 3. The summed E-state index contributed by atoms with van der Waals surface area (Å²) in [5.41, 5.74) is 2.27. The van der Waals surface area contributed by atoms with E-state index in [1.165, 1.54) is 5.56 Å². The van der Waals surface area contributed by atoms with E-state index in [-0.39, 0.29) is 0 Å². The highest BCUT2D eigenvalue weighted by molar-refractivity contribution is 5.28. The topological polar surface area (TPSA) is 39.1 Å². The molecule has 102 valence electrons. The highest BCUT2D eigenvalue weighted by Crippen LogP contribution is 2.13. The lowest BCUT2D eigenvalue weighted by Gasteiger charge is -2.05. The van der Waals surface area contributed by atoms with E-state index in [4.69, 9.17) is 4.74 Å². The van der Waals surface area contributed by atoms with Crippen molar-refractivity contribution in [2.45, 2.75) is 26.4 Å². The van der Waals surface area contributed by atoms with Gasteiger partial charge < -0.3 is 10.1 Å². The fraction of sp³-hybridized carbons (Fsp3) is 0.400. The maximum absolute atomic E-state index is 5.22. The van der Waals surface area contributed by atoms with Crippen LogP contribution in [-0.4, -0.2) is 23.4 Å². The molecule has 0 saturated heterocycles. The van der Waals surface area contributed by atoms with Crippen LogP contribution in [0.3, 0.4) is 0 Å². The molecule has 4 heteroatoms. The van der Waals surface area contributed by atoms with E-state index in [2.05, 4.69) is 29.5 Å². The Morgan fingerprint density at radius 2 is 2.21 bits per heavy atom. The van der Waals surface area contributed by atoms with Crippen LogP contribution >= 0.6 is 0 Å². The van der Waals surface area contributed by atoms with E-state index in [1.54, 1.807) is 7.11 Å². The smallest absolute Gasteiger partial charge is 0.119 e. The fourth-order valence-corrected chi connectivity index (χ4v) is 1.94. The summed E-state index contributed by atoms with van der Waals surface area (Å²) >= 11 is 0. The van der Waals surface area contributed by atoms with Crippen molar-refractivity contribution in [2.24, 2.45) is 0 Å². The molecule has 0 saturated carbocycles. The molecule has 0 atom stereocenters. The molecule has 1 heterocycles. The Hall–Kier alpha value is -1.81. The van der Waals surface area contributed by atoms with Crippen molar-refractivity contribution in [1.29, 1.82) is 0 Å². The highest BCUT2D eigenvalue weighted by atomic mass is 16.5. The zero-order chi connectivity index (χ0) is 13.5. The van der Waals surface area contributed by atoms with Gasteiger partial charge in [0.05, 0.1) is 19.3 Å². The molecule has 0 bridgehead atoms. The van der Waals surface area contributed by atoms with Crippen LogP contribution in [0, 0.1) is 0 Å². The SMILES string of the molecule is CCCNCc1ccn(Cc2cccc(OC)c2)n1. The van der Waals surface area contributed by atoms with Gasteiger partial charge in [0.15, 0.2) is 0 Å². The van der Waals surface area contributed by atoms with E-state index >= 15 is 0 Å². The van der Waals surface area contributed by atoms with Gasteiger partial charge in [-0.15, -0.1) is 0 Å². The molecule has 0 aliphatic heterocycles. The van der Waals surface area contributed by atoms with Gasteiger partial charge in [-0.2, -0.15) is 5.10 Å². The average Bonchev–Trinajstić information content (AvgIpc) is 2.87. The number of nitrogens with one attached hydrogen (secondary N) is 1. The summed E-state index contributed by atoms with van der Waals surface area (Å²) in [5, 5.41) is 7.90. The van der Waals surface area contributed by atoms with E-state index in [1.807, 2.05) is 29.1 Å². The Balaban J connectivity index is 1.95. The van der Waals surface area contributed by atoms with E-state index in [0.717, 1.165) is 37.5 Å². The molecule has 0 aliphatic carbocycles. The van der Waals surface area contributed by atoms with Crippen molar-refractivity contribution in [2.75, 3.05) is 13.7 Å². The maximum atomic E-state index is 5.22. The summed E-state index contributed by atoms with van der Waals surface area (Å²) in [4.78, 5) is 0. The third kappa shape index (κ3) is 4.10. The molecule has 0 spiro atoms. The summed E-state index contributed by atoms with van der Waals surface area (Å²) in [5.74, 6) is 0.884. The number of methoxy groups -OCH3 is 1. The zero-order valence-electron chi connectivity index (χ0n) is 11.6. The summed E-state index contributed by atoms with van der Waals surface area (Å²) in [6, 6.07) is 10.1. The predicted molar refractivity (Wildman–Crippen MR) is 76.3 cm³/mol. The molecule has 0 amide bonds. The normalized spacial score (nSPS) is 10.6. The van der Waals surface area contributed by atoms with Crippen molar-refractivity contribution < 1.29 is 4.74 Å². The first-order valence-electron chi connectivity index (χ1n) is 6.68. The highest BCUT2D eigenvalue weighted by Gasteiger charge is 2.01. The molecule has 19 heavy (non-hydrogen) atoms. The first-order valence-corrected chi connectivity index (χ1v) is 6.68. The molecule has 0 aliphatic rings. The summed E-state index contributed by atoms with van der Waals surface area (Å²) in [6.45, 7) is 4.79. The molecule has 0 radical (unpaired) electrons. The Bertz CT molecular complexity index is 508. The lowest BCUT2D eigenvalue weighted by Crippen LogP contribution is -2.14. The number of benzene rings is 1. The van der Waals surface area contributed by atoms with Gasteiger partial charge in [0, 0.05) is 12.7 Å². The minimum atomic E-state index is 0.769. The fourth-order valence-electron chi connectivity index (χ4n) is 1.94. The minimum absolute atomic E-state index is 0.769. The predicted octanol–water partition coefficient (Wildman–Crippen LogP) is 2.44. The van der Waals surface area contributed by atoms with Crippen LogP contribution in [0.2, 0.25) is 0 Å². The van der Waals surface area contributed by atoms with Crippen molar-refractivity contribution in [1.82, 2.24) is 15.1 Å². The summed E-state index contributed by atoms with van der Waals surface area (Å²) in [7, 11) is 1.69. The molecular formula is C15H21N3O. The van der Waals surface area contributed by atoms with Crippen LogP contribution in [0.25, 0.3) is 0 Å². The summed E-state index contributed by atoms with van der Waals surface area (Å²) < 4.78 is 7.18. The van der Waals surface area contributed by atoms with Crippen LogP contribution in [0.15, 0.2) is 36.5 Å². The van der Waals surface area contributed by atoms with Gasteiger partial charge in [-0.05, 0) is 36.7 Å². The lowest BCUT2D eigenvalue weighted by molar-refractivity contribution is 0.414. The lowest BCUT2D eigenvalue weighted by atomic mass is 10.2. The van der Waals surface area contributed by atoms with Crippen LogP contribution in [0.1, 0.15) is 24.6 Å². The van der Waals surface area contributed by atoms with Crippen molar-refractivity contribution >= 4 is 0 Å². The molecule has 0 unspecified atom stereocenters. The molecule has 1 aromatic carbocycles. The second-order valence-electron chi connectivity index (χ2n) is 4.53. The molecule has 1 aromatic heterocycles. The van der Waals surface area contributed by atoms with E-state index in [9.17, 15) is 0 Å². The van der Waals surface area contributed by atoms with Gasteiger partial charge in [-0.3, -0.25) is 4.68 Å². The van der Waals surface area contributed by atoms with Crippen LogP contribution < -0.4 is 10.1 Å². The second-order valence-corrected chi connectivity index (χ2v) is 4.53. The maximum Gasteiger partial charge on any atom is 0.119 e. The Labute approximate surface area is 114 Å². The van der Waals surface area contributed by atoms with E-state index < -0.39 is 0 Å². The van der Waals surface area contributed by atoms with Gasteiger partial charge in [-0.1, -0.05) is 19.1 Å². The minimum Gasteiger partial charge on any atom is -0.497 e. The van der Waals surface area contributed by atoms with Gasteiger partial charge in [0.2, 0.25) is 0 Å². The van der Waals surface area contributed by atoms with Gasteiger partial charge in [0.1, 0.15) is 5.75 Å². The number of aromatic nitrogens is 2. The van der Waals surface area contributed by atoms with Crippen LogP contribution in [0.4, 0.5) is 0 Å². The first-order chi connectivity index (χ1) is 9.31. The zero-order valence-corrected chi connectivity index (χ0v) is 11.6. The van der Waals surface area contributed by atoms with Gasteiger partial charge >= 0.3 is 0 Å². The number of rotatable bonds is 7. The molecule has 1 N–H and O–H groups in total. The summed E-state index contributed by atoms with van der Waals surface area (Å²) in [6.07, 6.45) is 3.16. The third-order valence-corrected chi connectivity index (χ3v) is 2.91. The standard InChI is InChI=1S/C15H21N3O/c1-3-8-16-11-14-7-9-18(17-14)12-13-5-4-6-15(10-13)19-2/h4-7,9-10,16H,3,8,11-12H2,1-2H3. The van der Waals surface area contributed by atoms with Gasteiger partial charge in [0.25, 0.3) is 0 Å². The quantitative estimate of drug-likeness (QED) is 0.776. The molecular weight excluding hydrogens is 238 g/mol. The van der Waals surface area contributed by atoms with Crippen molar-refractivity contribution in [3.05, 3.63) is 47.8 Å². The Morgan fingerprint density at radius 1 is 1.32 bits per heavy atom. The number of hydrogen-bond donors (Lipinski definition) is 1. The third-order valence-electron chi connectivity index (χ3n) is 2.91. The number of ether oxygens (including phenoxy) is 1. The largest absolute Gasteiger partial charge is 0.497 e.